The number of benzene rings is 2. The second-order valence-corrected chi connectivity index (χ2v) is 8.01. The number of nitrogens with one attached hydrogen (secondary N) is 1. The molecule has 0 aliphatic carbocycles. The number of Topliss-reactive ketones (excluding diaryl/α,β-unsaturated/α-hetero) is 1. The normalized spacial score (nSPS) is 10.7. The molecule has 9 heteroatoms. The number of nitrogens with zero attached hydrogens (tertiary/aromatic N) is 3. The molecule has 7 nitrogen and oxygen atoms in total. The minimum absolute atomic E-state index is 0.0527. The van der Waals surface area contributed by atoms with Crippen LogP contribution in [0.5, 0.6) is 5.75 Å². The monoisotopic (exact) mass is 444 g/mol. The average molecular weight is 445 g/mol. The molecule has 2 aromatic carbocycles. The first-order valence-electron chi connectivity index (χ1n) is 9.14. The number of thioether (sulfide) groups is 1. The van der Waals surface area contributed by atoms with Gasteiger partial charge in [0.05, 0.1) is 5.75 Å². The predicted octanol–water partition coefficient (Wildman–Crippen LogP) is 4.29. The number of aryl methyl sites for hydroxylation is 1. The van der Waals surface area contributed by atoms with E-state index in [9.17, 15) is 9.59 Å². The minimum atomic E-state index is -0.196. The lowest BCUT2D eigenvalue weighted by atomic mass is 10.1. The van der Waals surface area contributed by atoms with Gasteiger partial charge in [0.15, 0.2) is 16.8 Å². The molecule has 156 valence electrons. The fraction of sp³-hybridized carbons (Fsp3) is 0.238. The van der Waals surface area contributed by atoms with E-state index in [1.807, 2.05) is 26.1 Å². The second kappa shape index (κ2) is 9.77. The predicted molar refractivity (Wildman–Crippen MR) is 117 cm³/mol. The summed E-state index contributed by atoms with van der Waals surface area (Å²) in [5, 5.41) is 12.3. The summed E-state index contributed by atoms with van der Waals surface area (Å²) in [6.07, 6.45) is 0. The molecule has 0 bridgehead atoms. The molecule has 0 atom stereocenters. The van der Waals surface area contributed by atoms with E-state index < -0.39 is 0 Å². The number of amides is 1. The molecular weight excluding hydrogens is 424 g/mol. The number of aromatic nitrogens is 3. The molecule has 1 N–H and O–H groups in total. The molecule has 3 aromatic rings. The van der Waals surface area contributed by atoms with Crippen molar-refractivity contribution < 1.29 is 14.3 Å². The Morgan fingerprint density at radius 3 is 2.73 bits per heavy atom. The van der Waals surface area contributed by atoms with Crippen molar-refractivity contribution in [1.29, 1.82) is 0 Å². The van der Waals surface area contributed by atoms with Crippen molar-refractivity contribution in [2.75, 3.05) is 11.1 Å². The first kappa shape index (κ1) is 21.9. The van der Waals surface area contributed by atoms with E-state index in [2.05, 4.69) is 15.5 Å². The maximum Gasteiger partial charge on any atom is 0.234 e. The maximum atomic E-state index is 12.3. The van der Waals surface area contributed by atoms with Gasteiger partial charge in [0.1, 0.15) is 12.4 Å². The summed E-state index contributed by atoms with van der Waals surface area (Å²) in [5.74, 6) is 1.28. The first-order chi connectivity index (χ1) is 14.3. The molecule has 0 radical (unpaired) electrons. The van der Waals surface area contributed by atoms with Crippen molar-refractivity contribution >= 4 is 40.7 Å². The van der Waals surface area contributed by atoms with Gasteiger partial charge in [-0.1, -0.05) is 35.5 Å². The third-order valence-electron chi connectivity index (χ3n) is 4.30. The van der Waals surface area contributed by atoms with Crippen LogP contribution in [0.1, 0.15) is 28.7 Å². The number of carbonyl (C=O) groups excluding carboxylic acids is 2. The molecule has 0 spiro atoms. The SMILES string of the molecule is CC(=O)c1cccc(NC(=O)CSc2nnc(COc3ccc(Cl)cc3C)n2C)c1. The summed E-state index contributed by atoms with van der Waals surface area (Å²) >= 11 is 7.23. The van der Waals surface area contributed by atoms with Crippen molar-refractivity contribution in [3.8, 4) is 5.75 Å². The number of anilines is 1. The molecule has 30 heavy (non-hydrogen) atoms. The van der Waals surface area contributed by atoms with E-state index in [0.29, 0.717) is 27.3 Å². The number of halogens is 1. The third kappa shape index (κ3) is 5.61. The summed E-state index contributed by atoms with van der Waals surface area (Å²) in [7, 11) is 1.82. The van der Waals surface area contributed by atoms with Gasteiger partial charge in [0, 0.05) is 23.3 Å². The Morgan fingerprint density at radius 2 is 2.00 bits per heavy atom. The van der Waals surface area contributed by atoms with Crippen LogP contribution >= 0.6 is 23.4 Å². The van der Waals surface area contributed by atoms with Crippen LogP contribution in [0.15, 0.2) is 47.6 Å². The fourth-order valence-electron chi connectivity index (χ4n) is 2.66. The zero-order chi connectivity index (χ0) is 21.7. The lowest BCUT2D eigenvalue weighted by molar-refractivity contribution is -0.113. The molecule has 3 rings (SSSR count). The molecule has 0 fully saturated rings. The molecule has 0 unspecified atom stereocenters. The van der Waals surface area contributed by atoms with Gasteiger partial charge in [0.25, 0.3) is 0 Å². The second-order valence-electron chi connectivity index (χ2n) is 6.63. The van der Waals surface area contributed by atoms with Crippen LogP contribution < -0.4 is 10.1 Å². The van der Waals surface area contributed by atoms with Crippen LogP contribution in [0.25, 0.3) is 0 Å². The van der Waals surface area contributed by atoms with Crippen molar-refractivity contribution in [3.63, 3.8) is 0 Å². The molecule has 1 amide bonds. The molecule has 1 heterocycles. The fourth-order valence-corrected chi connectivity index (χ4v) is 3.61. The molecule has 0 saturated carbocycles. The quantitative estimate of drug-likeness (QED) is 0.412. The number of ketones is 1. The van der Waals surface area contributed by atoms with Gasteiger partial charge in [-0.3, -0.25) is 9.59 Å². The topological polar surface area (TPSA) is 86.1 Å². The van der Waals surface area contributed by atoms with E-state index in [-0.39, 0.29) is 24.1 Å². The maximum absolute atomic E-state index is 12.3. The zero-order valence-electron chi connectivity index (χ0n) is 16.8. The Kier molecular flexibility index (Phi) is 7.12. The Balaban J connectivity index is 1.55. The number of hydrogen-bond acceptors (Lipinski definition) is 6. The number of carbonyl (C=O) groups is 2. The zero-order valence-corrected chi connectivity index (χ0v) is 18.4. The van der Waals surface area contributed by atoms with Crippen LogP contribution in [0, 0.1) is 6.92 Å². The van der Waals surface area contributed by atoms with Gasteiger partial charge in [-0.25, -0.2) is 0 Å². The van der Waals surface area contributed by atoms with Gasteiger partial charge >= 0.3 is 0 Å². The lowest BCUT2D eigenvalue weighted by Crippen LogP contribution is -2.15. The minimum Gasteiger partial charge on any atom is -0.485 e. The number of rotatable bonds is 8. The molecule has 0 aliphatic heterocycles. The van der Waals surface area contributed by atoms with Crippen molar-refractivity contribution in [2.24, 2.45) is 7.05 Å². The Labute approximate surface area is 183 Å². The van der Waals surface area contributed by atoms with E-state index >= 15 is 0 Å². The van der Waals surface area contributed by atoms with Gasteiger partial charge in [-0.15, -0.1) is 10.2 Å². The average Bonchev–Trinajstić information content (AvgIpc) is 3.05. The van der Waals surface area contributed by atoms with Crippen molar-refractivity contribution in [3.05, 3.63) is 64.4 Å². The van der Waals surface area contributed by atoms with Crippen LogP contribution in [0.4, 0.5) is 5.69 Å². The van der Waals surface area contributed by atoms with Gasteiger partial charge in [0.2, 0.25) is 5.91 Å². The lowest BCUT2D eigenvalue weighted by Gasteiger charge is -2.09. The number of hydrogen-bond donors (Lipinski definition) is 1. The number of ether oxygens (including phenoxy) is 1. The van der Waals surface area contributed by atoms with Crippen LogP contribution in [-0.4, -0.2) is 32.2 Å². The summed E-state index contributed by atoms with van der Waals surface area (Å²) in [6.45, 7) is 3.65. The summed E-state index contributed by atoms with van der Waals surface area (Å²) < 4.78 is 7.60. The van der Waals surface area contributed by atoms with E-state index in [1.54, 1.807) is 34.9 Å². The highest BCUT2D eigenvalue weighted by Crippen LogP contribution is 2.23. The Hall–Kier alpha value is -2.84. The van der Waals surface area contributed by atoms with Crippen LogP contribution in [0.2, 0.25) is 5.02 Å². The standard InChI is InChI=1S/C21H21ClN4O3S/c1-13-9-16(22)7-8-18(13)29-11-19-24-25-21(26(19)3)30-12-20(28)23-17-6-4-5-15(10-17)14(2)27/h4-10H,11-12H2,1-3H3,(H,23,28). The van der Waals surface area contributed by atoms with Gasteiger partial charge in [-0.2, -0.15) is 0 Å². The Morgan fingerprint density at radius 1 is 1.20 bits per heavy atom. The molecule has 1 aromatic heterocycles. The van der Waals surface area contributed by atoms with E-state index in [1.165, 1.54) is 18.7 Å². The summed E-state index contributed by atoms with van der Waals surface area (Å²) in [6, 6.07) is 12.3. The molecule has 0 aliphatic rings. The Bertz CT molecular complexity index is 1080. The van der Waals surface area contributed by atoms with Crippen LogP contribution in [0.3, 0.4) is 0 Å². The summed E-state index contributed by atoms with van der Waals surface area (Å²) in [5.41, 5.74) is 2.07. The smallest absolute Gasteiger partial charge is 0.234 e. The summed E-state index contributed by atoms with van der Waals surface area (Å²) in [4.78, 5) is 23.7. The van der Waals surface area contributed by atoms with Gasteiger partial charge in [-0.05, 0) is 49.7 Å². The van der Waals surface area contributed by atoms with Crippen molar-refractivity contribution in [2.45, 2.75) is 25.6 Å². The highest BCUT2D eigenvalue weighted by Gasteiger charge is 2.13. The van der Waals surface area contributed by atoms with E-state index in [0.717, 1.165) is 11.3 Å². The third-order valence-corrected chi connectivity index (χ3v) is 5.56. The van der Waals surface area contributed by atoms with Crippen LogP contribution in [-0.2, 0) is 18.4 Å². The first-order valence-corrected chi connectivity index (χ1v) is 10.5. The highest BCUT2D eigenvalue weighted by molar-refractivity contribution is 7.99. The van der Waals surface area contributed by atoms with Gasteiger partial charge < -0.3 is 14.6 Å². The van der Waals surface area contributed by atoms with Crippen molar-refractivity contribution in [1.82, 2.24) is 14.8 Å². The largest absolute Gasteiger partial charge is 0.485 e. The molecular formula is C21H21ClN4O3S. The highest BCUT2D eigenvalue weighted by atomic mass is 35.5. The van der Waals surface area contributed by atoms with E-state index in [4.69, 9.17) is 16.3 Å². The molecule has 0 saturated heterocycles.